The molecule has 5 N–H and O–H groups in total. The highest BCUT2D eigenvalue weighted by Gasteiger charge is 2.19. The fraction of sp³-hybridized carbons (Fsp3) is 0.625. The number of amidine groups is 1. The normalized spacial score (nSPS) is 14.7. The van der Waals surface area contributed by atoms with Gasteiger partial charge in [0.15, 0.2) is 12.1 Å². The molecule has 0 fully saturated rings. The monoisotopic (exact) mass is 229 g/mol. The van der Waals surface area contributed by atoms with Crippen molar-refractivity contribution in [2.75, 3.05) is 13.2 Å². The Balaban J connectivity index is 2.80. The summed E-state index contributed by atoms with van der Waals surface area (Å²) in [4.78, 5) is 3.78. The average molecular weight is 229 g/mol. The van der Waals surface area contributed by atoms with Crippen molar-refractivity contribution in [2.24, 2.45) is 5.73 Å². The molecule has 1 unspecified atom stereocenters. The molecule has 0 saturated carbocycles. The number of ether oxygens (including phenoxy) is 1. The largest absolute Gasteiger partial charge is 0.394 e. The Morgan fingerprint density at radius 3 is 2.88 bits per heavy atom. The summed E-state index contributed by atoms with van der Waals surface area (Å²) in [6.45, 7) is 1.44. The van der Waals surface area contributed by atoms with Crippen LogP contribution in [0.1, 0.15) is 19.0 Å². The molecular weight excluding hydrogens is 214 g/mol. The standard InChI is InChI=1S/C8H15N5O3/c1-5(15)8(16-3-2-14)13-4-11-7(12-13)6(9)10/h4-5,8,14-15H,2-3H2,1H3,(H3,9,10)/t5?,8-/m0/s1. The molecule has 0 aliphatic carbocycles. The molecule has 16 heavy (non-hydrogen) atoms. The molecule has 0 saturated heterocycles. The number of nitrogens with two attached hydrogens (primary N) is 1. The van der Waals surface area contributed by atoms with Crippen LogP contribution in [0.4, 0.5) is 0 Å². The van der Waals surface area contributed by atoms with Crippen LogP contribution in [0.25, 0.3) is 0 Å². The number of nitrogens with one attached hydrogen (secondary N) is 1. The first-order valence-electron chi connectivity index (χ1n) is 4.72. The highest BCUT2D eigenvalue weighted by atomic mass is 16.5. The number of aliphatic hydroxyl groups excluding tert-OH is 2. The van der Waals surface area contributed by atoms with E-state index in [-0.39, 0.29) is 24.9 Å². The van der Waals surface area contributed by atoms with Gasteiger partial charge in [-0.1, -0.05) is 0 Å². The molecule has 0 aliphatic rings. The second-order valence-electron chi connectivity index (χ2n) is 3.19. The van der Waals surface area contributed by atoms with Crippen LogP contribution in [0, 0.1) is 5.41 Å². The van der Waals surface area contributed by atoms with Crippen molar-refractivity contribution in [3.8, 4) is 0 Å². The maximum atomic E-state index is 9.46. The topological polar surface area (TPSA) is 130 Å². The molecule has 0 bridgehead atoms. The van der Waals surface area contributed by atoms with Crippen LogP contribution in [0.2, 0.25) is 0 Å². The number of aromatic nitrogens is 3. The minimum Gasteiger partial charge on any atom is -0.394 e. The number of nitrogens with zero attached hydrogens (tertiary/aromatic N) is 3. The Labute approximate surface area is 92.2 Å². The summed E-state index contributed by atoms with van der Waals surface area (Å²) in [7, 11) is 0. The van der Waals surface area contributed by atoms with Crippen molar-refractivity contribution < 1.29 is 14.9 Å². The predicted octanol–water partition coefficient (Wildman–Crippen LogP) is -1.55. The molecular formula is C8H15N5O3. The van der Waals surface area contributed by atoms with Gasteiger partial charge in [0.2, 0.25) is 5.82 Å². The summed E-state index contributed by atoms with van der Waals surface area (Å²) >= 11 is 0. The lowest BCUT2D eigenvalue weighted by molar-refractivity contribution is -0.0889. The van der Waals surface area contributed by atoms with Gasteiger partial charge in [-0.3, -0.25) is 5.41 Å². The molecule has 1 heterocycles. The van der Waals surface area contributed by atoms with E-state index in [0.29, 0.717) is 0 Å². The van der Waals surface area contributed by atoms with Crippen LogP contribution >= 0.6 is 0 Å². The maximum Gasteiger partial charge on any atom is 0.215 e. The van der Waals surface area contributed by atoms with E-state index in [2.05, 4.69) is 10.1 Å². The number of aliphatic hydroxyl groups is 2. The van der Waals surface area contributed by atoms with Crippen LogP contribution in [-0.4, -0.2) is 50.1 Å². The second kappa shape index (κ2) is 5.54. The zero-order valence-corrected chi connectivity index (χ0v) is 8.87. The third-order valence-electron chi connectivity index (χ3n) is 1.80. The molecule has 1 aromatic rings. The lowest BCUT2D eigenvalue weighted by Gasteiger charge is -2.19. The Morgan fingerprint density at radius 1 is 1.75 bits per heavy atom. The van der Waals surface area contributed by atoms with Crippen LogP contribution in [0.5, 0.6) is 0 Å². The summed E-state index contributed by atoms with van der Waals surface area (Å²) < 4.78 is 6.44. The van der Waals surface area contributed by atoms with E-state index in [0.717, 1.165) is 0 Å². The number of hydrogen-bond acceptors (Lipinski definition) is 6. The summed E-state index contributed by atoms with van der Waals surface area (Å²) in [6, 6.07) is 0. The third kappa shape index (κ3) is 2.99. The molecule has 1 rings (SSSR count). The van der Waals surface area contributed by atoms with Crippen LogP contribution in [-0.2, 0) is 4.74 Å². The lowest BCUT2D eigenvalue weighted by atomic mass is 10.3. The van der Waals surface area contributed by atoms with Crippen molar-refractivity contribution in [3.05, 3.63) is 12.2 Å². The van der Waals surface area contributed by atoms with Gasteiger partial charge in [0.1, 0.15) is 6.33 Å². The minimum absolute atomic E-state index is 0.0678. The first-order valence-corrected chi connectivity index (χ1v) is 4.72. The molecule has 8 nitrogen and oxygen atoms in total. The molecule has 0 aliphatic heterocycles. The molecule has 0 spiro atoms. The second-order valence-corrected chi connectivity index (χ2v) is 3.19. The number of hydrogen-bond donors (Lipinski definition) is 4. The highest BCUT2D eigenvalue weighted by molar-refractivity contribution is 5.90. The minimum atomic E-state index is -0.826. The van der Waals surface area contributed by atoms with Crippen LogP contribution in [0.3, 0.4) is 0 Å². The van der Waals surface area contributed by atoms with Crippen molar-refractivity contribution in [2.45, 2.75) is 19.3 Å². The Morgan fingerprint density at radius 2 is 2.44 bits per heavy atom. The predicted molar refractivity (Wildman–Crippen MR) is 54.8 cm³/mol. The van der Waals surface area contributed by atoms with Gasteiger partial charge in [-0.25, -0.2) is 9.67 Å². The van der Waals surface area contributed by atoms with E-state index < -0.39 is 12.3 Å². The summed E-state index contributed by atoms with van der Waals surface area (Å²) in [5.41, 5.74) is 5.21. The average Bonchev–Trinajstić information content (AvgIpc) is 2.67. The zero-order chi connectivity index (χ0) is 12.1. The van der Waals surface area contributed by atoms with Crippen LogP contribution < -0.4 is 5.73 Å². The molecule has 0 amide bonds. The van der Waals surface area contributed by atoms with E-state index in [9.17, 15) is 5.11 Å². The molecule has 90 valence electrons. The highest BCUT2D eigenvalue weighted by Crippen LogP contribution is 2.11. The number of nitrogen functional groups attached to an aromatic ring is 1. The lowest BCUT2D eigenvalue weighted by Crippen LogP contribution is -2.26. The van der Waals surface area contributed by atoms with Gasteiger partial charge in [-0.05, 0) is 6.92 Å². The number of rotatable bonds is 6. The van der Waals surface area contributed by atoms with Crippen molar-refractivity contribution in [1.29, 1.82) is 5.41 Å². The Bertz CT molecular complexity index is 351. The van der Waals surface area contributed by atoms with Gasteiger partial charge in [0.25, 0.3) is 0 Å². The van der Waals surface area contributed by atoms with Gasteiger partial charge >= 0.3 is 0 Å². The SMILES string of the molecule is CC(O)[C@H](OCCO)n1cnc(C(=N)N)n1. The van der Waals surface area contributed by atoms with Crippen molar-refractivity contribution in [1.82, 2.24) is 14.8 Å². The Hall–Kier alpha value is -1.51. The van der Waals surface area contributed by atoms with E-state index >= 15 is 0 Å². The third-order valence-corrected chi connectivity index (χ3v) is 1.80. The van der Waals surface area contributed by atoms with Crippen molar-refractivity contribution in [3.63, 3.8) is 0 Å². The first kappa shape index (κ1) is 12.6. The zero-order valence-electron chi connectivity index (χ0n) is 8.87. The van der Waals surface area contributed by atoms with E-state index in [1.807, 2.05) is 0 Å². The Kier molecular flexibility index (Phi) is 4.35. The smallest absolute Gasteiger partial charge is 0.215 e. The molecule has 0 aromatic carbocycles. The van der Waals surface area contributed by atoms with Crippen molar-refractivity contribution >= 4 is 5.84 Å². The van der Waals surface area contributed by atoms with Crippen LogP contribution in [0.15, 0.2) is 6.33 Å². The van der Waals surface area contributed by atoms with Gasteiger partial charge in [-0.15, -0.1) is 5.10 Å². The molecule has 8 heteroatoms. The summed E-state index contributed by atoms with van der Waals surface area (Å²) in [5.74, 6) is -0.191. The summed E-state index contributed by atoms with van der Waals surface area (Å²) in [5, 5.41) is 29.1. The van der Waals surface area contributed by atoms with Gasteiger partial charge in [-0.2, -0.15) is 0 Å². The van der Waals surface area contributed by atoms with Gasteiger partial charge in [0, 0.05) is 0 Å². The van der Waals surface area contributed by atoms with E-state index in [1.54, 1.807) is 0 Å². The maximum absolute atomic E-state index is 9.46. The quantitative estimate of drug-likeness (QED) is 0.345. The molecule has 2 atom stereocenters. The van der Waals surface area contributed by atoms with E-state index in [4.69, 9.17) is 21.0 Å². The summed E-state index contributed by atoms with van der Waals surface area (Å²) in [6.07, 6.45) is -0.272. The molecule has 1 aromatic heterocycles. The van der Waals surface area contributed by atoms with E-state index in [1.165, 1.54) is 17.9 Å². The fourth-order valence-electron chi connectivity index (χ4n) is 1.13. The first-order chi connectivity index (χ1) is 7.56. The van der Waals surface area contributed by atoms with Gasteiger partial charge < -0.3 is 20.7 Å². The fourth-order valence-corrected chi connectivity index (χ4v) is 1.13. The van der Waals surface area contributed by atoms with Gasteiger partial charge in [0.05, 0.1) is 19.3 Å². The molecule has 0 radical (unpaired) electrons.